The number of para-hydroxylation sites is 2. The maximum atomic E-state index is 13.4. The molecule has 11 nitrogen and oxygen atoms in total. The fourth-order valence-electron chi connectivity index (χ4n) is 9.54. The minimum Gasteiger partial charge on any atom is -0.392 e. The Balaban J connectivity index is 0.000000344. The summed E-state index contributed by atoms with van der Waals surface area (Å²) in [5.41, 5.74) is 12.2. The van der Waals surface area contributed by atoms with Crippen molar-refractivity contribution in [2.24, 2.45) is 0 Å². The van der Waals surface area contributed by atoms with E-state index >= 15 is 0 Å². The Morgan fingerprint density at radius 3 is 1.05 bits per heavy atom. The molecule has 585 valence electrons. The van der Waals surface area contributed by atoms with Gasteiger partial charge in [-0.15, -0.1) is 126 Å². The van der Waals surface area contributed by atoms with E-state index in [0.717, 1.165) is 98.5 Å². The van der Waals surface area contributed by atoms with Gasteiger partial charge in [-0.1, -0.05) is 125 Å². The van der Waals surface area contributed by atoms with E-state index in [2.05, 4.69) is 95.5 Å². The third kappa shape index (κ3) is 31.4. The molecule has 14 aromatic rings. The first-order chi connectivity index (χ1) is 51.6. The third-order valence-electron chi connectivity index (χ3n) is 14.5. The quantitative estimate of drug-likeness (QED) is 0.0671. The van der Waals surface area contributed by atoms with Crippen LogP contribution < -0.4 is 9.80 Å². The Bertz CT molecular complexity index is 5090. The molecule has 25 heteroatoms. The van der Waals surface area contributed by atoms with E-state index in [1.807, 2.05) is 111 Å². The second-order valence-corrected chi connectivity index (χ2v) is 23.0. The molecule has 14 rings (SSSR count). The minimum atomic E-state index is -0.720. The van der Waals surface area contributed by atoms with Crippen LogP contribution in [0.5, 0.6) is 0 Å². The summed E-state index contributed by atoms with van der Waals surface area (Å²) < 4.78 is 116. The number of nitrogens with zero attached hydrogens (tertiary/aromatic N) is 8. The SMILES string of the molecule is CC(=O)CC(C)=O.CN(C)c1ccnc(-c2[c-]cc(F)cc2)c1.Cc1ccnc(-c2[c-]cc(F)cc2F)c1.Fc1c[c-]c(-c2cc(N(c3ccccc3)c3ccccc3)ccn2)cc1.Fc1c[c-]c(-c2ccccn2)c(F)c1.Fc1c[c-]c(-c2ccccn2)cc1.OCc1ccnc(-c2[c-]cc(F)cc2F)c1.[Ir].[Ir].[Ir].[Ir].[Ir]. The van der Waals surface area contributed by atoms with Gasteiger partial charge in [0.05, 0.1) is 13.0 Å². The second kappa shape index (κ2) is 50.2. The molecule has 0 fully saturated rings. The standard InChI is InChI=1S/C23H16FN2.C13H12FN2.C12H8F2NO.C12H8F2N.C11H6F2N.C11H7FN.C5H8O2.5Ir/c24-19-13-11-18(12-14-19)23-17-22(15-16-25-23)26(20-7-3-1-4-8-20)21-9-5-2-6-10-21;1-16(2)12-7-8-15-13(9-12)10-3-5-11(14)6-4-10;13-9-1-2-10(11(14)6-9)12-5-8(7-16)3-4-15-12;1-8-4-5-15-12(6-8)10-3-2-9(13)7-11(10)14;12-8-4-5-9(10(13)7-8)11-3-1-2-6-14-11;12-10-6-4-9(5-7-10)11-3-1-2-8-13-11;1-4(6)3-5(2)7;;;;;/h1-11,13-17H;3,5-9H,1-2H3;1,3-6,16H,7H2;2,4-7H,1H3;1-4,6-7H;1-4,6-8H;3H2,1-2H3;;;;;/q6*-1;;;;;;. The van der Waals surface area contributed by atoms with Gasteiger partial charge < -0.3 is 44.8 Å². The van der Waals surface area contributed by atoms with E-state index in [9.17, 15) is 49.1 Å². The zero-order valence-electron chi connectivity index (χ0n) is 59.8. The van der Waals surface area contributed by atoms with Crippen molar-refractivity contribution in [3.8, 4) is 67.5 Å². The monoisotopic (exact) mass is 2410 g/mol. The van der Waals surface area contributed by atoms with E-state index in [1.54, 1.807) is 79.5 Å². The molecule has 0 atom stereocenters. The predicted octanol–water partition coefficient (Wildman–Crippen LogP) is 20.4. The predicted molar refractivity (Wildman–Crippen MR) is 396 cm³/mol. The molecule has 0 bridgehead atoms. The van der Waals surface area contributed by atoms with Crippen LogP contribution in [-0.4, -0.2) is 60.7 Å². The summed E-state index contributed by atoms with van der Waals surface area (Å²) in [4.78, 5) is 48.9. The number of aryl methyl sites for hydroxylation is 1. The number of aromatic nitrogens is 6. The van der Waals surface area contributed by atoms with Gasteiger partial charge in [0, 0.05) is 227 Å². The van der Waals surface area contributed by atoms with Crippen molar-refractivity contribution in [3.63, 3.8) is 0 Å². The summed E-state index contributed by atoms with van der Waals surface area (Å²) >= 11 is 0. The van der Waals surface area contributed by atoms with Crippen molar-refractivity contribution < 1.29 is 155 Å². The van der Waals surface area contributed by atoms with Crippen LogP contribution in [0, 0.1) is 95.7 Å². The number of halogens is 9. The van der Waals surface area contributed by atoms with E-state index in [-0.39, 0.29) is 159 Å². The van der Waals surface area contributed by atoms with Crippen LogP contribution in [0.15, 0.2) is 274 Å². The topological polar surface area (TPSA) is 138 Å². The first kappa shape index (κ1) is 96.4. The largest absolute Gasteiger partial charge is 0.392 e. The molecule has 6 heterocycles. The molecular weight excluding hydrogens is 2340 g/mol. The Morgan fingerprint density at radius 2 is 0.688 bits per heavy atom. The summed E-state index contributed by atoms with van der Waals surface area (Å²) in [7, 11) is 3.93. The van der Waals surface area contributed by atoms with Crippen molar-refractivity contribution in [1.29, 1.82) is 0 Å². The van der Waals surface area contributed by atoms with Crippen molar-refractivity contribution >= 4 is 34.3 Å². The normalized spacial score (nSPS) is 9.71. The molecule has 6 aromatic heterocycles. The summed E-state index contributed by atoms with van der Waals surface area (Å²) in [5, 5.41) is 8.93. The summed E-state index contributed by atoms with van der Waals surface area (Å²) in [5.74, 6) is -4.96. The number of hydrogen-bond acceptors (Lipinski definition) is 11. The van der Waals surface area contributed by atoms with Crippen LogP contribution in [-0.2, 0) is 117 Å². The Morgan fingerprint density at radius 1 is 0.339 bits per heavy atom. The molecule has 112 heavy (non-hydrogen) atoms. The number of anilines is 4. The number of aliphatic hydroxyl groups excluding tert-OH is 1. The van der Waals surface area contributed by atoms with Gasteiger partial charge in [-0.3, -0.25) is 49.1 Å². The van der Waals surface area contributed by atoms with E-state index in [4.69, 9.17) is 5.11 Å². The zero-order valence-corrected chi connectivity index (χ0v) is 71.8. The average molecular weight is 2400 g/mol. The van der Waals surface area contributed by atoms with Crippen LogP contribution in [0.1, 0.15) is 31.4 Å². The van der Waals surface area contributed by atoms with Crippen molar-refractivity contribution in [3.05, 3.63) is 374 Å². The van der Waals surface area contributed by atoms with Gasteiger partial charge in [0.25, 0.3) is 0 Å². The van der Waals surface area contributed by atoms with Crippen LogP contribution in [0.25, 0.3) is 67.5 Å². The van der Waals surface area contributed by atoms with Gasteiger partial charge in [0.15, 0.2) is 0 Å². The number of benzene rings is 8. The zero-order chi connectivity index (χ0) is 76.6. The summed E-state index contributed by atoms with van der Waals surface area (Å²) in [6.07, 6.45) is 9.87. The fourth-order valence-corrected chi connectivity index (χ4v) is 9.54. The number of hydrogen-bond donors (Lipinski definition) is 1. The second-order valence-electron chi connectivity index (χ2n) is 23.0. The van der Waals surface area contributed by atoms with Crippen LogP contribution in [0.2, 0.25) is 0 Å². The van der Waals surface area contributed by atoms with E-state index in [0.29, 0.717) is 22.6 Å². The molecule has 0 spiro atoms. The number of pyridine rings is 6. The Labute approximate surface area is 711 Å². The van der Waals surface area contributed by atoms with Gasteiger partial charge in [-0.05, 0) is 121 Å². The van der Waals surface area contributed by atoms with Crippen molar-refractivity contribution in [1.82, 2.24) is 29.9 Å². The fraction of sp³-hybridized carbons (Fsp3) is 0.0805. The molecule has 0 saturated carbocycles. The van der Waals surface area contributed by atoms with Crippen LogP contribution in [0.3, 0.4) is 0 Å². The molecule has 0 aliphatic rings. The van der Waals surface area contributed by atoms with Gasteiger partial charge in [0.2, 0.25) is 0 Å². The Hall–Kier alpha value is -9.82. The van der Waals surface area contributed by atoms with Crippen LogP contribution >= 0.6 is 0 Å². The number of aliphatic hydroxyl groups is 1. The molecule has 0 aliphatic heterocycles. The number of carbonyl (C=O) groups excluding carboxylic acids is 2. The van der Waals surface area contributed by atoms with Gasteiger partial charge in [-0.2, -0.15) is 0 Å². The molecule has 1 N–H and O–H groups in total. The maximum Gasteiger partial charge on any atom is 0.137 e. The third-order valence-corrected chi connectivity index (χ3v) is 14.5. The molecular formula is C87H65F9Ir5N8O3-6. The van der Waals surface area contributed by atoms with Crippen LogP contribution in [0.4, 0.5) is 62.3 Å². The number of carbonyl (C=O) groups is 2. The first-order valence-electron chi connectivity index (χ1n) is 32.5. The molecule has 0 saturated heterocycles. The minimum absolute atomic E-state index is 0. The molecule has 0 amide bonds. The Kier molecular flexibility index (Phi) is 43.2. The van der Waals surface area contributed by atoms with Crippen molar-refractivity contribution in [2.45, 2.75) is 33.8 Å². The molecule has 8 aromatic carbocycles. The van der Waals surface area contributed by atoms with Gasteiger partial charge >= 0.3 is 0 Å². The van der Waals surface area contributed by atoms with Crippen molar-refractivity contribution in [2.75, 3.05) is 23.9 Å². The van der Waals surface area contributed by atoms with Gasteiger partial charge in [0.1, 0.15) is 11.6 Å². The smallest absolute Gasteiger partial charge is 0.137 e. The molecule has 0 aliphatic carbocycles. The first-order valence-corrected chi connectivity index (χ1v) is 32.5. The molecule has 5 radical (unpaired) electrons. The number of ketones is 2. The summed E-state index contributed by atoms with van der Waals surface area (Å²) in [6.45, 7) is 4.54. The van der Waals surface area contributed by atoms with Gasteiger partial charge in [-0.25, -0.2) is 0 Å². The number of Topliss-reactive ketones (excluding diaryl/α,β-unsaturated/α-hetero) is 2. The molecule has 0 unspecified atom stereocenters. The average Bonchev–Trinajstić information content (AvgIpc) is 0.796. The maximum absolute atomic E-state index is 13.4. The van der Waals surface area contributed by atoms with E-state index in [1.165, 1.54) is 62.5 Å². The number of rotatable bonds is 13. The summed E-state index contributed by atoms with van der Waals surface area (Å²) in [6, 6.07) is 80.6. The van der Waals surface area contributed by atoms with E-state index < -0.39 is 34.9 Å².